The molecule has 0 N–H and O–H groups in total. The monoisotopic (exact) mass is 255 g/mol. The highest BCUT2D eigenvalue weighted by molar-refractivity contribution is 5.79. The summed E-state index contributed by atoms with van der Waals surface area (Å²) in [6.07, 6.45) is 0.460. The molecule has 94 valence electrons. The summed E-state index contributed by atoms with van der Waals surface area (Å²) in [6.45, 7) is 0. The number of hydrogen-bond donors (Lipinski definition) is 0. The number of carbonyl (C=O) groups excluding carboxylic acids is 1. The Kier molecular flexibility index (Phi) is 3.58. The molecule has 0 aliphatic heterocycles. The fourth-order valence-electron chi connectivity index (χ4n) is 1.79. The van der Waals surface area contributed by atoms with Crippen LogP contribution in [0, 0.1) is 17.1 Å². The van der Waals surface area contributed by atoms with Gasteiger partial charge in [-0.15, -0.1) is 0 Å². The molecule has 2 rings (SSSR count). The molecular formula is C15H10FNO2. The molecule has 0 aromatic heterocycles. The zero-order chi connectivity index (χ0) is 13.8. The second-order valence-electron chi connectivity index (χ2n) is 3.88. The van der Waals surface area contributed by atoms with E-state index in [0.717, 1.165) is 0 Å². The predicted molar refractivity (Wildman–Crippen MR) is 68.5 cm³/mol. The molecule has 0 radical (unpaired) electrons. The standard InChI is InChI=1S/C15H10FNO2/c1-19-15-5-2-10(8-17)6-13(15)11-3-4-12(9-18)14(16)7-11/h2-7,9H,1H3. The number of aldehydes is 1. The zero-order valence-corrected chi connectivity index (χ0v) is 10.2. The minimum atomic E-state index is -0.600. The van der Waals surface area contributed by atoms with Gasteiger partial charge in [0.15, 0.2) is 6.29 Å². The van der Waals surface area contributed by atoms with E-state index in [1.807, 2.05) is 6.07 Å². The highest BCUT2D eigenvalue weighted by atomic mass is 19.1. The van der Waals surface area contributed by atoms with E-state index in [2.05, 4.69) is 0 Å². The maximum Gasteiger partial charge on any atom is 0.152 e. The zero-order valence-electron chi connectivity index (χ0n) is 10.2. The number of hydrogen-bond acceptors (Lipinski definition) is 3. The lowest BCUT2D eigenvalue weighted by atomic mass is 10.0. The smallest absolute Gasteiger partial charge is 0.152 e. The van der Waals surface area contributed by atoms with Gasteiger partial charge in [0.1, 0.15) is 11.6 Å². The molecule has 19 heavy (non-hydrogen) atoms. The van der Waals surface area contributed by atoms with Gasteiger partial charge in [0.05, 0.1) is 24.3 Å². The van der Waals surface area contributed by atoms with Crippen molar-refractivity contribution in [3.8, 4) is 22.9 Å². The molecule has 2 aromatic rings. The van der Waals surface area contributed by atoms with Gasteiger partial charge in [-0.2, -0.15) is 5.26 Å². The Morgan fingerprint density at radius 3 is 2.63 bits per heavy atom. The van der Waals surface area contributed by atoms with Crippen molar-refractivity contribution in [1.82, 2.24) is 0 Å². The van der Waals surface area contributed by atoms with Crippen LogP contribution in [0.3, 0.4) is 0 Å². The Bertz CT molecular complexity index is 674. The largest absolute Gasteiger partial charge is 0.496 e. The lowest BCUT2D eigenvalue weighted by Gasteiger charge is -2.09. The summed E-state index contributed by atoms with van der Waals surface area (Å²) in [4.78, 5) is 10.6. The van der Waals surface area contributed by atoms with Crippen LogP contribution in [0.1, 0.15) is 15.9 Å². The van der Waals surface area contributed by atoms with Crippen LogP contribution in [0.15, 0.2) is 36.4 Å². The highest BCUT2D eigenvalue weighted by Crippen LogP contribution is 2.31. The van der Waals surface area contributed by atoms with Crippen LogP contribution in [0.4, 0.5) is 4.39 Å². The van der Waals surface area contributed by atoms with Gasteiger partial charge in [-0.1, -0.05) is 6.07 Å². The van der Waals surface area contributed by atoms with E-state index in [4.69, 9.17) is 10.00 Å². The van der Waals surface area contributed by atoms with Crippen LogP contribution in [0.25, 0.3) is 11.1 Å². The highest BCUT2D eigenvalue weighted by Gasteiger charge is 2.10. The number of nitriles is 1. The first kappa shape index (κ1) is 12.8. The first-order valence-electron chi connectivity index (χ1n) is 5.53. The molecule has 0 saturated carbocycles. The van der Waals surface area contributed by atoms with Crippen molar-refractivity contribution in [3.05, 3.63) is 53.3 Å². The molecular weight excluding hydrogens is 245 g/mol. The van der Waals surface area contributed by atoms with Gasteiger partial charge < -0.3 is 4.74 Å². The molecule has 0 aliphatic rings. The molecule has 0 saturated heterocycles. The molecule has 0 fully saturated rings. The summed E-state index contributed by atoms with van der Waals surface area (Å²) in [6, 6.07) is 11.2. The summed E-state index contributed by atoms with van der Waals surface area (Å²) in [5.41, 5.74) is 1.62. The molecule has 3 nitrogen and oxygen atoms in total. The van der Waals surface area contributed by atoms with E-state index < -0.39 is 5.82 Å². The minimum absolute atomic E-state index is 0.000783. The molecule has 0 aliphatic carbocycles. The number of benzene rings is 2. The van der Waals surface area contributed by atoms with Crippen molar-refractivity contribution in [1.29, 1.82) is 5.26 Å². The fraction of sp³-hybridized carbons (Fsp3) is 0.0667. The lowest BCUT2D eigenvalue weighted by molar-refractivity contribution is 0.112. The third-order valence-corrected chi connectivity index (χ3v) is 2.77. The van der Waals surface area contributed by atoms with E-state index >= 15 is 0 Å². The predicted octanol–water partition coefficient (Wildman–Crippen LogP) is 3.19. The third kappa shape index (κ3) is 2.45. The third-order valence-electron chi connectivity index (χ3n) is 2.77. The Morgan fingerprint density at radius 2 is 2.05 bits per heavy atom. The fourth-order valence-corrected chi connectivity index (χ4v) is 1.79. The SMILES string of the molecule is COc1ccc(C#N)cc1-c1ccc(C=O)c(F)c1. The first-order valence-corrected chi connectivity index (χ1v) is 5.53. The van der Waals surface area contributed by atoms with Crippen molar-refractivity contribution >= 4 is 6.29 Å². The van der Waals surface area contributed by atoms with Crippen molar-refractivity contribution in [2.75, 3.05) is 7.11 Å². The molecule has 0 bridgehead atoms. The molecule has 0 spiro atoms. The van der Waals surface area contributed by atoms with Crippen LogP contribution in [0.2, 0.25) is 0 Å². The Labute approximate surface area is 109 Å². The van der Waals surface area contributed by atoms with Gasteiger partial charge >= 0.3 is 0 Å². The Morgan fingerprint density at radius 1 is 1.26 bits per heavy atom. The van der Waals surface area contributed by atoms with E-state index in [9.17, 15) is 9.18 Å². The minimum Gasteiger partial charge on any atom is -0.496 e. The summed E-state index contributed by atoms with van der Waals surface area (Å²) in [5, 5.41) is 8.90. The van der Waals surface area contributed by atoms with Gasteiger partial charge in [-0.05, 0) is 35.9 Å². The van der Waals surface area contributed by atoms with Gasteiger partial charge in [-0.3, -0.25) is 4.79 Å². The average Bonchev–Trinajstić information content (AvgIpc) is 2.46. The first-order chi connectivity index (χ1) is 9.19. The van der Waals surface area contributed by atoms with Crippen molar-refractivity contribution < 1.29 is 13.9 Å². The lowest BCUT2D eigenvalue weighted by Crippen LogP contribution is -1.92. The van der Waals surface area contributed by atoms with Crippen molar-refractivity contribution in [2.45, 2.75) is 0 Å². The molecule has 0 unspecified atom stereocenters. The normalized spacial score (nSPS) is 9.74. The summed E-state index contributed by atoms with van der Waals surface area (Å²) >= 11 is 0. The second kappa shape index (κ2) is 5.32. The van der Waals surface area contributed by atoms with Crippen LogP contribution in [0.5, 0.6) is 5.75 Å². The number of methoxy groups -OCH3 is 1. The van der Waals surface area contributed by atoms with Gasteiger partial charge in [0, 0.05) is 5.56 Å². The molecule has 0 atom stereocenters. The van der Waals surface area contributed by atoms with Gasteiger partial charge in [0.25, 0.3) is 0 Å². The Hall–Kier alpha value is -2.67. The molecule has 2 aromatic carbocycles. The summed E-state index contributed by atoms with van der Waals surface area (Å²) < 4.78 is 18.8. The molecule has 4 heteroatoms. The van der Waals surface area contributed by atoms with Crippen LogP contribution in [-0.2, 0) is 0 Å². The number of ether oxygens (including phenoxy) is 1. The van der Waals surface area contributed by atoms with Crippen LogP contribution in [-0.4, -0.2) is 13.4 Å². The number of rotatable bonds is 3. The maximum absolute atomic E-state index is 13.6. The van der Waals surface area contributed by atoms with E-state index in [-0.39, 0.29) is 5.56 Å². The van der Waals surface area contributed by atoms with Crippen molar-refractivity contribution in [3.63, 3.8) is 0 Å². The summed E-state index contributed by atoms with van der Waals surface area (Å²) in [5.74, 6) is -0.0610. The Balaban J connectivity index is 2.60. The molecule has 0 amide bonds. The van der Waals surface area contributed by atoms with Gasteiger partial charge in [-0.25, -0.2) is 4.39 Å². The average molecular weight is 255 g/mol. The van der Waals surface area contributed by atoms with Gasteiger partial charge in [0.2, 0.25) is 0 Å². The van der Waals surface area contributed by atoms with E-state index in [1.165, 1.54) is 19.2 Å². The van der Waals surface area contributed by atoms with Crippen molar-refractivity contribution in [2.24, 2.45) is 0 Å². The van der Waals surface area contributed by atoms with Crippen LogP contribution >= 0.6 is 0 Å². The summed E-state index contributed by atoms with van der Waals surface area (Å²) in [7, 11) is 1.50. The van der Waals surface area contributed by atoms with E-state index in [0.29, 0.717) is 28.7 Å². The van der Waals surface area contributed by atoms with E-state index in [1.54, 1.807) is 24.3 Å². The number of nitrogens with zero attached hydrogens (tertiary/aromatic N) is 1. The topological polar surface area (TPSA) is 50.1 Å². The number of carbonyl (C=O) groups is 1. The van der Waals surface area contributed by atoms with Crippen LogP contribution < -0.4 is 4.74 Å². The quantitative estimate of drug-likeness (QED) is 0.791. The second-order valence-corrected chi connectivity index (χ2v) is 3.88. The number of halogens is 1. The molecule has 0 heterocycles. The maximum atomic E-state index is 13.6.